The maximum atomic E-state index is 5.61. The molecule has 0 saturated heterocycles. The van der Waals surface area contributed by atoms with E-state index < -0.39 is 0 Å². The number of hydrogen-bond acceptors (Lipinski definition) is 3. The summed E-state index contributed by atoms with van der Waals surface area (Å²) in [5, 5.41) is 7.88. The molecule has 0 aliphatic rings. The zero-order valence-electron chi connectivity index (χ0n) is 9.59. The van der Waals surface area contributed by atoms with Crippen LogP contribution in [0.4, 0.5) is 0 Å². The fourth-order valence-electron chi connectivity index (χ4n) is 1.61. The highest BCUT2D eigenvalue weighted by Crippen LogP contribution is 2.17. The quantitative estimate of drug-likeness (QED) is 0.851. The molecule has 1 heterocycles. The predicted molar refractivity (Wildman–Crippen MR) is 63.3 cm³/mol. The second-order valence-corrected chi connectivity index (χ2v) is 4.09. The van der Waals surface area contributed by atoms with Gasteiger partial charge in [-0.25, -0.2) is 4.68 Å². The molecule has 16 heavy (non-hydrogen) atoms. The third-order valence-corrected chi connectivity index (χ3v) is 2.63. The van der Waals surface area contributed by atoms with Crippen molar-refractivity contribution in [2.45, 2.75) is 26.3 Å². The second kappa shape index (κ2) is 4.45. The standard InChI is InChI=1S/C12H16N4/c1-9(2)10-3-5-11(6-4-10)16-12(7-13)8-14-15-16/h3-6,8-9H,7,13H2,1-2H3. The molecule has 2 rings (SSSR count). The molecule has 2 aromatic rings. The molecule has 0 saturated carbocycles. The average Bonchev–Trinajstić information content (AvgIpc) is 2.77. The molecule has 0 atom stereocenters. The molecule has 84 valence electrons. The van der Waals surface area contributed by atoms with Gasteiger partial charge in [0.05, 0.1) is 17.6 Å². The molecule has 4 heteroatoms. The van der Waals surface area contributed by atoms with E-state index in [9.17, 15) is 0 Å². The van der Waals surface area contributed by atoms with Crippen LogP contribution in [-0.4, -0.2) is 15.0 Å². The molecule has 0 aliphatic heterocycles. The van der Waals surface area contributed by atoms with Crippen LogP contribution < -0.4 is 5.73 Å². The topological polar surface area (TPSA) is 56.7 Å². The zero-order valence-corrected chi connectivity index (χ0v) is 9.59. The van der Waals surface area contributed by atoms with Gasteiger partial charge in [-0.2, -0.15) is 0 Å². The predicted octanol–water partition coefficient (Wildman–Crippen LogP) is 1.85. The molecule has 0 radical (unpaired) electrons. The van der Waals surface area contributed by atoms with Crippen LogP contribution in [0.3, 0.4) is 0 Å². The summed E-state index contributed by atoms with van der Waals surface area (Å²) in [6.45, 7) is 4.80. The molecule has 0 unspecified atom stereocenters. The molecule has 0 bridgehead atoms. The first-order valence-electron chi connectivity index (χ1n) is 5.42. The van der Waals surface area contributed by atoms with Gasteiger partial charge in [0.2, 0.25) is 0 Å². The van der Waals surface area contributed by atoms with Crippen molar-refractivity contribution in [3.63, 3.8) is 0 Å². The molecule has 0 amide bonds. The van der Waals surface area contributed by atoms with Crippen molar-refractivity contribution in [2.24, 2.45) is 5.73 Å². The number of hydrogen-bond donors (Lipinski definition) is 1. The van der Waals surface area contributed by atoms with Crippen molar-refractivity contribution in [1.29, 1.82) is 0 Å². The van der Waals surface area contributed by atoms with Gasteiger partial charge in [-0.1, -0.05) is 31.2 Å². The van der Waals surface area contributed by atoms with E-state index in [0.717, 1.165) is 11.4 Å². The third-order valence-electron chi connectivity index (χ3n) is 2.63. The minimum absolute atomic E-state index is 0.443. The molecular formula is C12H16N4. The van der Waals surface area contributed by atoms with Crippen molar-refractivity contribution in [1.82, 2.24) is 15.0 Å². The van der Waals surface area contributed by atoms with Crippen LogP contribution in [-0.2, 0) is 6.54 Å². The Morgan fingerprint density at radius 1 is 1.25 bits per heavy atom. The summed E-state index contributed by atoms with van der Waals surface area (Å²) >= 11 is 0. The first kappa shape index (κ1) is 10.8. The summed E-state index contributed by atoms with van der Waals surface area (Å²) in [6, 6.07) is 8.32. The summed E-state index contributed by atoms with van der Waals surface area (Å²) in [5.74, 6) is 0.541. The second-order valence-electron chi connectivity index (χ2n) is 4.09. The van der Waals surface area contributed by atoms with Crippen LogP contribution in [0.15, 0.2) is 30.5 Å². The molecule has 1 aromatic heterocycles. The lowest BCUT2D eigenvalue weighted by Gasteiger charge is -2.08. The maximum Gasteiger partial charge on any atom is 0.0781 e. The number of rotatable bonds is 3. The van der Waals surface area contributed by atoms with Crippen LogP contribution in [0, 0.1) is 0 Å². The number of nitrogens with zero attached hydrogens (tertiary/aromatic N) is 3. The van der Waals surface area contributed by atoms with E-state index in [-0.39, 0.29) is 0 Å². The van der Waals surface area contributed by atoms with Crippen molar-refractivity contribution in [3.8, 4) is 5.69 Å². The number of aromatic nitrogens is 3. The summed E-state index contributed by atoms with van der Waals surface area (Å²) in [4.78, 5) is 0. The van der Waals surface area contributed by atoms with E-state index in [0.29, 0.717) is 12.5 Å². The van der Waals surface area contributed by atoms with Crippen molar-refractivity contribution >= 4 is 0 Å². The molecule has 0 aliphatic carbocycles. The first-order chi connectivity index (χ1) is 7.72. The minimum Gasteiger partial charge on any atom is -0.325 e. The Balaban J connectivity index is 2.35. The van der Waals surface area contributed by atoms with E-state index in [1.165, 1.54) is 5.56 Å². The van der Waals surface area contributed by atoms with Gasteiger partial charge >= 0.3 is 0 Å². The molecule has 0 fully saturated rings. The van der Waals surface area contributed by atoms with Gasteiger partial charge in [0.1, 0.15) is 0 Å². The molecule has 4 nitrogen and oxygen atoms in total. The summed E-state index contributed by atoms with van der Waals surface area (Å²) in [5.41, 5.74) is 8.84. The van der Waals surface area contributed by atoms with Gasteiger partial charge in [0, 0.05) is 6.54 Å². The Morgan fingerprint density at radius 2 is 1.94 bits per heavy atom. The van der Waals surface area contributed by atoms with Crippen molar-refractivity contribution in [3.05, 3.63) is 41.7 Å². The highest BCUT2D eigenvalue weighted by Gasteiger charge is 2.05. The smallest absolute Gasteiger partial charge is 0.0781 e. The fraction of sp³-hybridized carbons (Fsp3) is 0.333. The van der Waals surface area contributed by atoms with E-state index in [1.54, 1.807) is 10.9 Å². The van der Waals surface area contributed by atoms with Crippen LogP contribution in [0.5, 0.6) is 0 Å². The van der Waals surface area contributed by atoms with Crippen molar-refractivity contribution < 1.29 is 0 Å². The highest BCUT2D eigenvalue weighted by atomic mass is 15.4. The number of benzene rings is 1. The Labute approximate surface area is 95.1 Å². The molecule has 1 aromatic carbocycles. The molecule has 0 spiro atoms. The maximum absolute atomic E-state index is 5.61. The third kappa shape index (κ3) is 1.97. The summed E-state index contributed by atoms with van der Waals surface area (Å²) in [7, 11) is 0. The van der Waals surface area contributed by atoms with Gasteiger partial charge in [0.25, 0.3) is 0 Å². The van der Waals surface area contributed by atoms with Crippen LogP contribution in [0.1, 0.15) is 31.0 Å². The zero-order chi connectivity index (χ0) is 11.5. The largest absolute Gasteiger partial charge is 0.325 e. The van der Waals surface area contributed by atoms with Crippen molar-refractivity contribution in [2.75, 3.05) is 0 Å². The van der Waals surface area contributed by atoms with E-state index in [2.05, 4.69) is 36.3 Å². The lowest BCUT2D eigenvalue weighted by Crippen LogP contribution is -2.06. The summed E-state index contributed by atoms with van der Waals surface area (Å²) in [6.07, 6.45) is 1.69. The Kier molecular flexibility index (Phi) is 3.01. The van der Waals surface area contributed by atoms with E-state index >= 15 is 0 Å². The number of nitrogens with two attached hydrogens (primary N) is 1. The Bertz CT molecular complexity index is 456. The van der Waals surface area contributed by atoms with Gasteiger partial charge in [-0.05, 0) is 23.6 Å². The van der Waals surface area contributed by atoms with Gasteiger partial charge in [-0.15, -0.1) is 5.10 Å². The fourth-order valence-corrected chi connectivity index (χ4v) is 1.61. The molecule has 2 N–H and O–H groups in total. The first-order valence-corrected chi connectivity index (χ1v) is 5.42. The highest BCUT2D eigenvalue weighted by molar-refractivity contribution is 5.35. The summed E-state index contributed by atoms with van der Waals surface area (Å²) < 4.78 is 1.77. The SMILES string of the molecule is CC(C)c1ccc(-n2nncc2CN)cc1. The van der Waals surface area contributed by atoms with Crippen LogP contribution >= 0.6 is 0 Å². The lowest BCUT2D eigenvalue weighted by molar-refractivity contribution is 0.760. The Morgan fingerprint density at radius 3 is 2.50 bits per heavy atom. The monoisotopic (exact) mass is 216 g/mol. The van der Waals surface area contributed by atoms with Crippen LogP contribution in [0.2, 0.25) is 0 Å². The van der Waals surface area contributed by atoms with E-state index in [1.807, 2.05) is 12.1 Å². The molecular weight excluding hydrogens is 200 g/mol. The van der Waals surface area contributed by atoms with E-state index in [4.69, 9.17) is 5.73 Å². The van der Waals surface area contributed by atoms with Gasteiger partial charge in [-0.3, -0.25) is 0 Å². The van der Waals surface area contributed by atoms with Gasteiger partial charge < -0.3 is 5.73 Å². The average molecular weight is 216 g/mol. The minimum atomic E-state index is 0.443. The Hall–Kier alpha value is -1.68. The normalized spacial score (nSPS) is 11.0. The van der Waals surface area contributed by atoms with Gasteiger partial charge in [0.15, 0.2) is 0 Å². The van der Waals surface area contributed by atoms with Crippen LogP contribution in [0.25, 0.3) is 5.69 Å². The lowest BCUT2D eigenvalue weighted by atomic mass is 10.0.